The monoisotopic (exact) mass is 318 g/mol. The van der Waals surface area contributed by atoms with Crippen molar-refractivity contribution in [2.45, 2.75) is 71.3 Å². The molecule has 1 heterocycles. The number of carbonyl (C=O) groups excluding carboxylic acids is 1. The number of likely N-dealkylation sites (tertiary alicyclic amines) is 1. The van der Waals surface area contributed by atoms with Gasteiger partial charge in [-0.1, -0.05) is 6.92 Å². The van der Waals surface area contributed by atoms with Gasteiger partial charge in [-0.25, -0.2) is 0 Å². The number of nitrogens with one attached hydrogen (secondary N) is 1. The Kier molecular flexibility index (Phi) is 4.19. The SMILES string of the molecule is CC1CCN(CC(=O)N[C@@H](C)C23CC4CC(CC(C4)C2)C3)CC1. The van der Waals surface area contributed by atoms with Gasteiger partial charge in [0.1, 0.15) is 0 Å². The molecule has 0 spiro atoms. The Morgan fingerprint density at radius 1 is 1.09 bits per heavy atom. The van der Waals surface area contributed by atoms with Crippen molar-refractivity contribution in [2.24, 2.45) is 29.1 Å². The smallest absolute Gasteiger partial charge is 0.234 e. The lowest BCUT2D eigenvalue weighted by atomic mass is 9.48. The summed E-state index contributed by atoms with van der Waals surface area (Å²) < 4.78 is 0. The van der Waals surface area contributed by atoms with Gasteiger partial charge in [-0.3, -0.25) is 9.69 Å². The highest BCUT2D eigenvalue weighted by Crippen LogP contribution is 2.61. The normalized spacial score (nSPS) is 41.9. The third-order valence-corrected chi connectivity index (χ3v) is 7.63. The van der Waals surface area contributed by atoms with Crippen LogP contribution in [-0.4, -0.2) is 36.5 Å². The van der Waals surface area contributed by atoms with E-state index in [1.54, 1.807) is 0 Å². The van der Waals surface area contributed by atoms with Crippen LogP contribution in [0, 0.1) is 29.1 Å². The number of hydrogen-bond acceptors (Lipinski definition) is 2. The van der Waals surface area contributed by atoms with E-state index in [-0.39, 0.29) is 5.91 Å². The lowest BCUT2D eigenvalue weighted by Gasteiger charge is -2.59. The zero-order valence-corrected chi connectivity index (χ0v) is 15.0. The molecule has 1 aliphatic heterocycles. The van der Waals surface area contributed by atoms with Crippen molar-refractivity contribution in [1.29, 1.82) is 0 Å². The van der Waals surface area contributed by atoms with Crippen molar-refractivity contribution in [3.63, 3.8) is 0 Å². The molecule has 0 aromatic heterocycles. The summed E-state index contributed by atoms with van der Waals surface area (Å²) in [6.07, 6.45) is 11.1. The number of piperidine rings is 1. The van der Waals surface area contributed by atoms with Crippen LogP contribution in [0.4, 0.5) is 0 Å². The molecule has 130 valence electrons. The Hall–Kier alpha value is -0.570. The first kappa shape index (κ1) is 15.9. The topological polar surface area (TPSA) is 32.3 Å². The van der Waals surface area contributed by atoms with Gasteiger partial charge in [0.2, 0.25) is 5.91 Å². The number of hydrogen-bond donors (Lipinski definition) is 1. The highest BCUT2D eigenvalue weighted by atomic mass is 16.2. The highest BCUT2D eigenvalue weighted by molar-refractivity contribution is 5.78. The summed E-state index contributed by atoms with van der Waals surface area (Å²) in [5.41, 5.74) is 0.431. The molecule has 1 N–H and O–H groups in total. The molecule has 4 saturated carbocycles. The fraction of sp³-hybridized carbons (Fsp3) is 0.950. The molecule has 1 saturated heterocycles. The van der Waals surface area contributed by atoms with E-state index in [1.807, 2.05) is 0 Å². The summed E-state index contributed by atoms with van der Waals surface area (Å²) in [5.74, 6) is 3.99. The molecule has 5 aliphatic rings. The molecule has 3 nitrogen and oxygen atoms in total. The van der Waals surface area contributed by atoms with E-state index in [2.05, 4.69) is 24.1 Å². The van der Waals surface area contributed by atoms with Crippen molar-refractivity contribution in [3.8, 4) is 0 Å². The van der Waals surface area contributed by atoms with Gasteiger partial charge in [0.25, 0.3) is 0 Å². The van der Waals surface area contributed by atoms with Gasteiger partial charge in [0, 0.05) is 6.04 Å². The number of nitrogens with zero attached hydrogens (tertiary/aromatic N) is 1. The van der Waals surface area contributed by atoms with Crippen LogP contribution >= 0.6 is 0 Å². The van der Waals surface area contributed by atoms with Gasteiger partial charge in [-0.15, -0.1) is 0 Å². The molecule has 4 bridgehead atoms. The van der Waals surface area contributed by atoms with E-state index in [1.165, 1.54) is 51.4 Å². The van der Waals surface area contributed by atoms with Crippen LogP contribution in [0.1, 0.15) is 65.2 Å². The van der Waals surface area contributed by atoms with Crippen LogP contribution in [0.5, 0.6) is 0 Å². The zero-order chi connectivity index (χ0) is 16.0. The fourth-order valence-electron chi connectivity index (χ4n) is 6.57. The second-order valence-corrected chi connectivity index (χ2v) is 9.53. The van der Waals surface area contributed by atoms with Crippen molar-refractivity contribution >= 4 is 5.91 Å². The predicted octanol–water partition coefficient (Wildman–Crippen LogP) is 3.44. The fourth-order valence-corrected chi connectivity index (χ4v) is 6.57. The molecular formula is C20H34N2O. The predicted molar refractivity (Wildman–Crippen MR) is 93.0 cm³/mol. The Morgan fingerprint density at radius 3 is 2.13 bits per heavy atom. The minimum Gasteiger partial charge on any atom is -0.352 e. The van der Waals surface area contributed by atoms with E-state index in [0.717, 1.165) is 36.8 Å². The van der Waals surface area contributed by atoms with Crippen LogP contribution in [0.15, 0.2) is 0 Å². The maximum absolute atomic E-state index is 12.5. The van der Waals surface area contributed by atoms with Crippen molar-refractivity contribution in [2.75, 3.05) is 19.6 Å². The largest absolute Gasteiger partial charge is 0.352 e. The quantitative estimate of drug-likeness (QED) is 0.861. The number of rotatable bonds is 4. The molecule has 1 atom stereocenters. The first-order valence-corrected chi connectivity index (χ1v) is 10.0. The van der Waals surface area contributed by atoms with Gasteiger partial charge in [0.15, 0.2) is 0 Å². The molecule has 4 aliphatic carbocycles. The highest BCUT2D eigenvalue weighted by Gasteiger charge is 2.53. The summed E-state index contributed by atoms with van der Waals surface area (Å²) in [6.45, 7) is 7.43. The molecule has 0 aromatic carbocycles. The van der Waals surface area contributed by atoms with E-state index in [0.29, 0.717) is 18.0 Å². The molecule has 1 amide bonds. The molecule has 0 aromatic rings. The Balaban J connectivity index is 1.33. The maximum Gasteiger partial charge on any atom is 0.234 e. The third kappa shape index (κ3) is 3.18. The van der Waals surface area contributed by atoms with Gasteiger partial charge in [-0.2, -0.15) is 0 Å². The average molecular weight is 319 g/mol. The molecular weight excluding hydrogens is 284 g/mol. The second-order valence-electron chi connectivity index (χ2n) is 9.53. The first-order chi connectivity index (χ1) is 11.0. The third-order valence-electron chi connectivity index (χ3n) is 7.63. The molecule has 23 heavy (non-hydrogen) atoms. The van der Waals surface area contributed by atoms with Crippen LogP contribution in [-0.2, 0) is 4.79 Å². The van der Waals surface area contributed by atoms with Crippen molar-refractivity contribution < 1.29 is 4.79 Å². The summed E-state index contributed by atoms with van der Waals surface area (Å²) in [6, 6.07) is 0.368. The zero-order valence-electron chi connectivity index (χ0n) is 15.0. The Morgan fingerprint density at radius 2 is 1.61 bits per heavy atom. The lowest BCUT2D eigenvalue weighted by Crippen LogP contribution is -2.56. The minimum atomic E-state index is 0.266. The van der Waals surface area contributed by atoms with Gasteiger partial charge >= 0.3 is 0 Å². The standard InChI is InChI=1S/C20H34N2O/c1-14-3-5-22(6-4-14)13-19(23)21-15(2)20-10-16-7-17(11-20)9-18(8-16)12-20/h14-18H,3-13H2,1-2H3,(H,21,23)/t15-,16?,17?,18?,20?/m0/s1. The Labute approximate surface area is 141 Å². The van der Waals surface area contributed by atoms with E-state index in [4.69, 9.17) is 0 Å². The van der Waals surface area contributed by atoms with Crippen molar-refractivity contribution in [1.82, 2.24) is 10.2 Å². The summed E-state index contributed by atoms with van der Waals surface area (Å²) in [7, 11) is 0. The van der Waals surface area contributed by atoms with Crippen molar-refractivity contribution in [3.05, 3.63) is 0 Å². The molecule has 0 radical (unpaired) electrons. The van der Waals surface area contributed by atoms with Crippen LogP contribution in [0.2, 0.25) is 0 Å². The maximum atomic E-state index is 12.5. The molecule has 0 unspecified atom stereocenters. The van der Waals surface area contributed by atoms with Crippen LogP contribution < -0.4 is 5.32 Å². The van der Waals surface area contributed by atoms with Crippen LogP contribution in [0.3, 0.4) is 0 Å². The molecule has 5 fully saturated rings. The van der Waals surface area contributed by atoms with Gasteiger partial charge in [-0.05, 0) is 100 Å². The van der Waals surface area contributed by atoms with Crippen LogP contribution in [0.25, 0.3) is 0 Å². The van der Waals surface area contributed by atoms with E-state index < -0.39 is 0 Å². The number of carbonyl (C=O) groups is 1. The minimum absolute atomic E-state index is 0.266. The second kappa shape index (κ2) is 6.06. The Bertz CT molecular complexity index is 417. The average Bonchev–Trinajstić information content (AvgIpc) is 2.48. The molecule has 5 rings (SSSR count). The van der Waals surface area contributed by atoms with Gasteiger partial charge < -0.3 is 5.32 Å². The number of amides is 1. The first-order valence-electron chi connectivity index (χ1n) is 10.0. The van der Waals surface area contributed by atoms with Gasteiger partial charge in [0.05, 0.1) is 6.54 Å². The summed E-state index contributed by atoms with van der Waals surface area (Å²) in [4.78, 5) is 14.9. The lowest BCUT2D eigenvalue weighted by molar-refractivity contribution is -0.127. The summed E-state index contributed by atoms with van der Waals surface area (Å²) in [5, 5.41) is 3.41. The van der Waals surface area contributed by atoms with E-state index >= 15 is 0 Å². The summed E-state index contributed by atoms with van der Waals surface area (Å²) >= 11 is 0. The van der Waals surface area contributed by atoms with E-state index in [9.17, 15) is 4.79 Å². The molecule has 3 heteroatoms.